The zero-order valence-electron chi connectivity index (χ0n) is 72.6. The van der Waals surface area contributed by atoms with Gasteiger partial charge in [-0.1, -0.05) is 94.3 Å². The number of cyclic esters (lactones) is 2. The Hall–Kier alpha value is -5.55. The smallest absolute Gasteiger partial charge is 0.329 e. The van der Waals surface area contributed by atoms with Gasteiger partial charge in [-0.3, -0.25) is 24.0 Å². The maximum absolute atomic E-state index is 14.4. The Balaban J connectivity index is 0.000000355. The number of carbonyl (C=O) groups is 7. The van der Waals surface area contributed by atoms with Crippen LogP contribution < -0.4 is 5.00 Å². The van der Waals surface area contributed by atoms with Crippen molar-refractivity contribution in [3.8, 4) is 0 Å². The molecule has 0 aromatic heterocycles. The molecule has 28 atom stereocenters. The van der Waals surface area contributed by atoms with Crippen LogP contribution in [0.2, 0.25) is 0 Å². The third kappa shape index (κ3) is 26.3. The minimum absolute atomic E-state index is 0.00794. The number of ether oxygens (including phenoxy) is 10. The third-order valence-corrected chi connectivity index (χ3v) is 25.9. The van der Waals surface area contributed by atoms with Gasteiger partial charge < -0.3 is 98.2 Å². The number of ketones is 3. The van der Waals surface area contributed by atoms with Crippen LogP contribution in [-0.4, -0.2) is 263 Å². The summed E-state index contributed by atoms with van der Waals surface area (Å²) in [7, 11) is 9.23. The predicted octanol–water partition coefficient (Wildman–Crippen LogP) is 9.66. The second-order valence-electron chi connectivity index (χ2n) is 34.8. The van der Waals surface area contributed by atoms with Crippen molar-refractivity contribution in [2.45, 2.75) is 320 Å². The van der Waals surface area contributed by atoms with Gasteiger partial charge in [0.15, 0.2) is 0 Å². The fourth-order valence-electron chi connectivity index (χ4n) is 19.0. The lowest BCUT2D eigenvalue weighted by Crippen LogP contribution is -2.64. The first kappa shape index (κ1) is 101. The summed E-state index contributed by atoms with van der Waals surface area (Å²) in [5.74, 6) is -15.1. The molecule has 2 saturated carbocycles. The van der Waals surface area contributed by atoms with Crippen LogP contribution >= 0.6 is 11.8 Å². The number of rotatable bonds is 14. The largest absolute Gasteiger partial charge is 0.456 e. The fraction of sp³-hybridized carbons (Fsp3) is 0.773. The summed E-state index contributed by atoms with van der Waals surface area (Å²) in [5, 5.41) is 89.6. The topological polar surface area (TPSA) is 404 Å². The quantitative estimate of drug-likeness (QED) is 0.0195. The molecule has 4 saturated heterocycles. The van der Waals surface area contributed by atoms with E-state index < -0.39 is 162 Å². The van der Waals surface area contributed by atoms with E-state index in [1.165, 1.54) is 43.2 Å². The number of aliphatic hydroxyl groups excluding tert-OH is 4. The number of Topliss-reactive ketones (excluding diaryl/α,β-unsaturated/α-hetero) is 3. The van der Waals surface area contributed by atoms with Crippen molar-refractivity contribution in [1.82, 2.24) is 14.8 Å². The molecule has 2 amide bonds. The summed E-state index contributed by atoms with van der Waals surface area (Å²) in [6.07, 6.45) is 10.4. The van der Waals surface area contributed by atoms with Crippen molar-refractivity contribution in [1.29, 1.82) is 0 Å². The Morgan fingerprint density at radius 1 is 0.525 bits per heavy atom. The van der Waals surface area contributed by atoms with Crippen LogP contribution in [0.5, 0.6) is 0 Å². The first-order valence-corrected chi connectivity index (χ1v) is 42.8. The molecule has 0 spiro atoms. The van der Waals surface area contributed by atoms with Crippen molar-refractivity contribution in [2.24, 2.45) is 64.3 Å². The molecule has 8 aliphatic rings. The minimum Gasteiger partial charge on any atom is -0.456 e. The van der Waals surface area contributed by atoms with Crippen LogP contribution in [0.3, 0.4) is 0 Å². The van der Waals surface area contributed by atoms with Gasteiger partial charge in [0.1, 0.15) is 42.3 Å². The van der Waals surface area contributed by atoms with Crippen LogP contribution in [-0.2, 0) is 80.9 Å². The number of oxime groups is 1. The summed E-state index contributed by atoms with van der Waals surface area (Å²) in [5.41, 5.74) is 3.62. The second-order valence-corrected chi connectivity index (χ2v) is 34.9. The maximum atomic E-state index is 14.4. The van der Waals surface area contributed by atoms with E-state index in [0.717, 1.165) is 11.1 Å². The van der Waals surface area contributed by atoms with Crippen molar-refractivity contribution < 1.29 is 122 Å². The Kier molecular flexibility index (Phi) is 41.1. The van der Waals surface area contributed by atoms with Crippen LogP contribution in [0.25, 0.3) is 0 Å². The molecule has 9 N–H and O–H groups in total. The van der Waals surface area contributed by atoms with E-state index in [-0.39, 0.29) is 99.2 Å². The number of carbonyl (C=O) groups excluding carboxylic acids is 7. The number of methoxy groups -OCH3 is 6. The van der Waals surface area contributed by atoms with Crippen molar-refractivity contribution in [2.75, 3.05) is 55.7 Å². The van der Waals surface area contributed by atoms with E-state index in [1.807, 2.05) is 58.9 Å². The molecule has 8 rings (SSSR count). The number of piperidine rings is 2. The second kappa shape index (κ2) is 47.9. The highest BCUT2D eigenvalue weighted by molar-refractivity contribution is 6.39. The molecule has 29 nitrogen and oxygen atoms in total. The summed E-state index contributed by atoms with van der Waals surface area (Å²) in [4.78, 5) is 103. The molecule has 118 heavy (non-hydrogen) atoms. The van der Waals surface area contributed by atoms with Gasteiger partial charge in [0.2, 0.25) is 11.6 Å². The normalized spacial score (nSPS) is 40.2. The van der Waals surface area contributed by atoms with Gasteiger partial charge in [-0.2, -0.15) is 0 Å². The lowest BCUT2D eigenvalue weighted by Gasteiger charge is -2.47. The number of hydrogen-bond donors (Lipinski definition) is 9. The summed E-state index contributed by atoms with van der Waals surface area (Å²) in [6.45, 7) is 26.4. The number of amides is 2. The molecular weight excluding hydrogens is 1550 g/mol. The first-order chi connectivity index (χ1) is 55.9. The number of esters is 2. The molecule has 30 heteroatoms. The molecule has 670 valence electrons. The van der Waals surface area contributed by atoms with Gasteiger partial charge in [0.25, 0.3) is 23.4 Å². The number of aliphatic hydroxyl groups is 6. The zero-order chi connectivity index (χ0) is 87.8. The van der Waals surface area contributed by atoms with E-state index in [4.69, 9.17) is 52.6 Å². The highest BCUT2D eigenvalue weighted by Crippen LogP contribution is 2.43. The molecular formula is C88H141ClN4O25. The maximum Gasteiger partial charge on any atom is 0.329 e. The van der Waals surface area contributed by atoms with Gasteiger partial charge in [-0.25, -0.2) is 9.59 Å². The molecule has 0 radical (unpaired) electrons. The molecule has 2 aliphatic carbocycles. The van der Waals surface area contributed by atoms with Crippen LogP contribution in [0.15, 0.2) is 77.1 Å². The van der Waals surface area contributed by atoms with Gasteiger partial charge in [-0.15, -0.1) is 18.2 Å². The summed E-state index contributed by atoms with van der Waals surface area (Å²) in [6, 6.07) is -2.28. The van der Waals surface area contributed by atoms with Crippen LogP contribution in [0.4, 0.5) is 0 Å². The molecule has 6 aliphatic heterocycles. The van der Waals surface area contributed by atoms with Gasteiger partial charge in [0, 0.05) is 116 Å². The van der Waals surface area contributed by atoms with Gasteiger partial charge in [-0.05, 0) is 191 Å². The van der Waals surface area contributed by atoms with E-state index in [0.29, 0.717) is 120 Å². The average molecular weight is 1690 g/mol. The lowest BCUT2D eigenvalue weighted by atomic mass is 9.81. The van der Waals surface area contributed by atoms with E-state index in [1.54, 1.807) is 54.1 Å². The Morgan fingerprint density at radius 2 is 0.881 bits per heavy atom. The summed E-state index contributed by atoms with van der Waals surface area (Å²) >= 11 is 4.30. The fourth-order valence-corrected chi connectivity index (χ4v) is 19.0. The minimum atomic E-state index is -2.51. The van der Waals surface area contributed by atoms with Crippen LogP contribution in [0.1, 0.15) is 210 Å². The summed E-state index contributed by atoms with van der Waals surface area (Å²) < 4.78 is 59.6. The standard InChI is InChI=1S/C44H70N2O12.C44H69NO12.ClH2NO/c1-10-13-31-19-25(2)18-26(3)20-37(55-8)40-38(56-9)22-28(5)44(52,58-40)41(49)42(50)46-17-12-11-14-33(46)43(51)57-39(29(6)35(48)24-32(31)45-53)27(4)21-30-15-16-34(47)36(23-30)54-7;1-10-13-31-19-25(2)18-26(3)20-37(54-8)40-38(55-9)22-28(5)44(52,57-40)41(49)42(50)45-17-12-11-14-32(45)43(51)56-39(29(6)34(47)24-35(31)48)27(4)21-30-15-16-33(46)36(23-30)53-7;1-2-3/h10,19,21,26,28-31,33-40,47-48,52-53H,1,11-18,20,22-24H2,2-9H3;10,19,21,26,28-34,36-40,46-47,52H,1,11-18,20,22-24H2,2-9H3;2-3H/b25-19+,27-21+,45-32?;25-19+,27-21+;/t26-,28+,29+,30-,31+,33-,34+,35-,36+,37-,38-,39+,40+,44+;26-,28+,29+,30-,31+,32-,33+,34-,36+,37-,38-,39+,40+,44+;/m00./s1. The van der Waals surface area contributed by atoms with Crippen molar-refractivity contribution >= 4 is 58.6 Å². The van der Waals surface area contributed by atoms with Gasteiger partial charge in [0.05, 0.1) is 66.8 Å². The molecule has 6 fully saturated rings. The van der Waals surface area contributed by atoms with E-state index in [9.17, 15) is 69.4 Å². The lowest BCUT2D eigenvalue weighted by molar-refractivity contribution is -0.302. The number of allylic oxidation sites excluding steroid dienone is 8. The predicted molar refractivity (Wildman–Crippen MR) is 440 cm³/mol. The van der Waals surface area contributed by atoms with Crippen LogP contribution in [0, 0.1) is 59.2 Å². The Labute approximate surface area is 703 Å². The number of hydrogen-bond acceptors (Lipinski definition) is 27. The van der Waals surface area contributed by atoms with E-state index >= 15 is 0 Å². The Morgan fingerprint density at radius 3 is 1.25 bits per heavy atom. The third-order valence-electron chi connectivity index (χ3n) is 25.9. The average Bonchev–Trinajstić information content (AvgIpc) is 0.790. The number of halogens is 1. The van der Waals surface area contributed by atoms with Gasteiger partial charge >= 0.3 is 11.9 Å². The molecule has 0 aromatic rings. The molecule has 6 heterocycles. The molecule has 0 aromatic carbocycles. The first-order valence-electron chi connectivity index (χ1n) is 42.4. The van der Waals surface area contributed by atoms with E-state index in [2.05, 4.69) is 37.0 Å². The number of fused-ring (bicyclic) bond motifs is 6. The zero-order valence-corrected chi connectivity index (χ0v) is 73.4. The van der Waals surface area contributed by atoms with Crippen molar-refractivity contribution in [3.05, 3.63) is 71.9 Å². The number of nitrogens with zero attached hydrogens (tertiary/aromatic N) is 3. The Bertz CT molecular complexity index is 3460. The molecule has 0 unspecified atom stereocenters. The SMILES string of the molecule is C=CC[C@@H]1/C=C(\C)C[C@H](C)C[C@H](OC)[C@H]2O[C@@](O)(C(=O)C(=O)N3CCCC[C@H]3C(=O)O[C@H](/C(C)=C/[C@@H]3CC[C@@H](O)[C@H](OC)C3)[C@H](C)[C@@H](O)CC1=NO)[C@H](C)C[C@@H]2OC.C=CC[C@@H]1/C=C(\C)C[C@H](C)C[C@H](OC)[C@H]2O[C@@](O)(C(=O)C(=O)N3CCCC[C@H]3C(=O)O[C@H](/C(C)=C/[C@@H]3CC[C@@H](O)[C@H](OC)C3)[C@H](C)[C@@H](O)CC1=O)[C@H](C)C[C@@H]2OC.ONCl. The monoisotopic (exact) mass is 1690 g/mol. The molecule has 4 bridgehead atoms. The highest BCUT2D eigenvalue weighted by Gasteiger charge is 2.59. The highest BCUT2D eigenvalue weighted by atomic mass is 35.5. The van der Waals surface area contributed by atoms with Crippen molar-refractivity contribution in [3.63, 3.8) is 0 Å². The number of nitrogens with one attached hydrogen (secondary N) is 1.